The summed E-state index contributed by atoms with van der Waals surface area (Å²) in [5.74, 6) is 0.984. The number of benzene rings is 2. The number of hydrogen-bond acceptors (Lipinski definition) is 6. The van der Waals surface area contributed by atoms with Crippen LogP contribution in [0.5, 0.6) is 11.5 Å². The first-order valence-corrected chi connectivity index (χ1v) is 10.2. The number of rotatable bonds is 6. The number of nitrogens with one attached hydrogen (secondary N) is 1. The van der Waals surface area contributed by atoms with Gasteiger partial charge in [-0.2, -0.15) is 4.37 Å². The Hall–Kier alpha value is -2.09. The summed E-state index contributed by atoms with van der Waals surface area (Å²) in [5.41, 5.74) is 1.52. The maximum absolute atomic E-state index is 12.4. The first-order chi connectivity index (χ1) is 11.9. The first kappa shape index (κ1) is 17.7. The lowest BCUT2D eigenvalue weighted by Crippen LogP contribution is -2.14. The van der Waals surface area contributed by atoms with E-state index in [4.69, 9.17) is 16.3 Å². The molecule has 0 saturated carbocycles. The second-order valence-electron chi connectivity index (χ2n) is 5.28. The Bertz CT molecular complexity index is 952. The van der Waals surface area contributed by atoms with E-state index in [1.165, 1.54) is 23.7 Å². The van der Waals surface area contributed by atoms with E-state index in [1.807, 2.05) is 6.92 Å². The molecule has 0 fully saturated rings. The zero-order valence-electron chi connectivity index (χ0n) is 13.3. The van der Waals surface area contributed by atoms with Gasteiger partial charge in [-0.15, -0.1) is 0 Å². The predicted octanol–water partition coefficient (Wildman–Crippen LogP) is 4.74. The van der Waals surface area contributed by atoms with Crippen molar-refractivity contribution < 1.29 is 13.2 Å². The molecule has 0 bridgehead atoms. The fraction of sp³-hybridized carbons (Fsp3) is 0.118. The zero-order valence-corrected chi connectivity index (χ0v) is 15.7. The van der Waals surface area contributed by atoms with Crippen LogP contribution in [0.25, 0.3) is 0 Å². The molecule has 3 rings (SSSR count). The number of aromatic nitrogens is 1. The maximum atomic E-state index is 12.4. The Kier molecular flexibility index (Phi) is 5.27. The highest BCUT2D eigenvalue weighted by molar-refractivity contribution is 7.91. The van der Waals surface area contributed by atoms with Gasteiger partial charge in [-0.3, -0.25) is 0 Å². The molecule has 0 saturated heterocycles. The van der Waals surface area contributed by atoms with Gasteiger partial charge in [-0.25, -0.2) is 8.42 Å². The molecular weight excluding hydrogens is 380 g/mol. The molecule has 0 atom stereocenters. The lowest BCUT2D eigenvalue weighted by Gasteiger charge is -2.09. The molecule has 1 N–H and O–H groups in total. The third-order valence-electron chi connectivity index (χ3n) is 3.43. The van der Waals surface area contributed by atoms with Crippen molar-refractivity contribution in [2.75, 3.05) is 11.2 Å². The van der Waals surface area contributed by atoms with E-state index in [-0.39, 0.29) is 10.8 Å². The van der Waals surface area contributed by atoms with Crippen LogP contribution >= 0.6 is 23.1 Å². The van der Waals surface area contributed by atoms with Gasteiger partial charge in [0.25, 0.3) is 0 Å². The van der Waals surface area contributed by atoms with Crippen LogP contribution < -0.4 is 10.1 Å². The van der Waals surface area contributed by atoms with Gasteiger partial charge in [0.15, 0.2) is 9.84 Å². The third kappa shape index (κ3) is 4.50. The maximum Gasteiger partial charge on any atom is 0.196 e. The molecule has 25 heavy (non-hydrogen) atoms. The minimum atomic E-state index is -3.46. The number of sulfone groups is 1. The normalized spacial score (nSPS) is 11.3. The van der Waals surface area contributed by atoms with Crippen LogP contribution in [-0.2, 0) is 9.84 Å². The highest BCUT2D eigenvalue weighted by Crippen LogP contribution is 2.25. The Morgan fingerprint density at radius 2 is 1.68 bits per heavy atom. The van der Waals surface area contributed by atoms with Crippen molar-refractivity contribution in [3.8, 4) is 11.5 Å². The summed E-state index contributed by atoms with van der Waals surface area (Å²) in [5, 5.41) is 5.32. The van der Waals surface area contributed by atoms with E-state index in [2.05, 4.69) is 9.69 Å². The summed E-state index contributed by atoms with van der Waals surface area (Å²) in [4.78, 5) is 0.226. The average molecular weight is 395 g/mol. The second-order valence-corrected chi connectivity index (χ2v) is 8.33. The van der Waals surface area contributed by atoms with E-state index in [0.29, 0.717) is 16.5 Å². The molecule has 3 aromatic rings. The lowest BCUT2D eigenvalue weighted by molar-refractivity contribution is 0.482. The van der Waals surface area contributed by atoms with Crippen LogP contribution in [0.3, 0.4) is 0 Å². The Morgan fingerprint density at radius 1 is 1.08 bits per heavy atom. The van der Waals surface area contributed by atoms with Crippen LogP contribution in [-0.4, -0.2) is 18.7 Å². The number of aryl methyl sites for hydroxylation is 1. The molecular formula is C17H15ClN2O3S2. The minimum Gasteiger partial charge on any atom is -0.457 e. The molecule has 0 spiro atoms. The largest absolute Gasteiger partial charge is 0.457 e. The van der Waals surface area contributed by atoms with Crippen LogP contribution in [0.15, 0.2) is 58.8 Å². The van der Waals surface area contributed by atoms with E-state index in [1.54, 1.807) is 41.8 Å². The van der Waals surface area contributed by atoms with Crippen molar-refractivity contribution >= 4 is 38.7 Å². The predicted molar refractivity (Wildman–Crippen MR) is 100 cm³/mol. The van der Waals surface area contributed by atoms with E-state index >= 15 is 0 Å². The molecule has 0 aliphatic heterocycles. The SMILES string of the molecule is Cc1nscc1NCS(=O)(=O)c1ccc(Oc2ccc(Cl)cc2)cc1. The zero-order chi connectivity index (χ0) is 17.9. The first-order valence-electron chi connectivity index (χ1n) is 7.35. The van der Waals surface area contributed by atoms with Gasteiger partial charge in [0.1, 0.15) is 17.4 Å². The third-order valence-corrected chi connectivity index (χ3v) is 5.92. The summed E-state index contributed by atoms with van der Waals surface area (Å²) in [7, 11) is -3.46. The lowest BCUT2D eigenvalue weighted by atomic mass is 10.3. The Morgan fingerprint density at radius 3 is 2.24 bits per heavy atom. The van der Waals surface area contributed by atoms with Gasteiger partial charge >= 0.3 is 0 Å². The summed E-state index contributed by atoms with van der Waals surface area (Å²) in [6.45, 7) is 1.83. The second kappa shape index (κ2) is 7.43. The van der Waals surface area contributed by atoms with Gasteiger partial charge in [-0.1, -0.05) is 11.6 Å². The van der Waals surface area contributed by atoms with Crippen LogP contribution in [0.2, 0.25) is 5.02 Å². The molecule has 5 nitrogen and oxygen atoms in total. The number of nitrogens with zero attached hydrogens (tertiary/aromatic N) is 1. The fourth-order valence-electron chi connectivity index (χ4n) is 2.07. The molecule has 0 amide bonds. The van der Waals surface area contributed by atoms with E-state index < -0.39 is 9.84 Å². The van der Waals surface area contributed by atoms with Crippen molar-refractivity contribution in [3.63, 3.8) is 0 Å². The van der Waals surface area contributed by atoms with Crippen LogP contribution in [0.4, 0.5) is 5.69 Å². The van der Waals surface area contributed by atoms with Crippen molar-refractivity contribution in [2.24, 2.45) is 0 Å². The van der Waals surface area contributed by atoms with E-state index in [0.717, 1.165) is 11.4 Å². The molecule has 1 heterocycles. The quantitative estimate of drug-likeness (QED) is 0.653. The summed E-state index contributed by atoms with van der Waals surface area (Å²) < 4.78 is 34.6. The van der Waals surface area contributed by atoms with Crippen molar-refractivity contribution in [1.29, 1.82) is 0 Å². The van der Waals surface area contributed by atoms with Crippen molar-refractivity contribution in [1.82, 2.24) is 4.37 Å². The van der Waals surface area contributed by atoms with Gasteiger partial charge < -0.3 is 10.1 Å². The van der Waals surface area contributed by atoms with Crippen LogP contribution in [0, 0.1) is 6.92 Å². The van der Waals surface area contributed by atoms with Gasteiger partial charge in [0, 0.05) is 10.4 Å². The number of anilines is 1. The number of hydrogen-bond donors (Lipinski definition) is 1. The average Bonchev–Trinajstić information content (AvgIpc) is 3.01. The molecule has 0 unspecified atom stereocenters. The minimum absolute atomic E-state index is 0.191. The standard InChI is InChI=1S/C17H15ClN2O3S2/c1-12-17(10-24-20-12)19-11-25(21,22)16-8-6-15(7-9-16)23-14-4-2-13(18)3-5-14/h2-10,19H,11H2,1H3. The molecule has 0 aliphatic rings. The van der Waals surface area contributed by atoms with Crippen molar-refractivity contribution in [2.45, 2.75) is 11.8 Å². The highest BCUT2D eigenvalue weighted by atomic mass is 35.5. The Balaban J connectivity index is 1.68. The summed E-state index contributed by atoms with van der Waals surface area (Å²) in [6, 6.07) is 13.2. The fourth-order valence-corrected chi connectivity index (χ4v) is 3.93. The van der Waals surface area contributed by atoms with E-state index in [9.17, 15) is 8.42 Å². The molecule has 2 aromatic carbocycles. The monoisotopic (exact) mass is 394 g/mol. The van der Waals surface area contributed by atoms with Crippen molar-refractivity contribution in [3.05, 3.63) is 64.6 Å². The smallest absolute Gasteiger partial charge is 0.196 e. The molecule has 130 valence electrons. The molecule has 8 heteroatoms. The number of halogens is 1. The molecule has 0 radical (unpaired) electrons. The van der Waals surface area contributed by atoms with Gasteiger partial charge in [0.2, 0.25) is 0 Å². The molecule has 0 aliphatic carbocycles. The van der Waals surface area contributed by atoms with Gasteiger partial charge in [0.05, 0.1) is 16.3 Å². The Labute approximate surface area is 155 Å². The number of ether oxygens (including phenoxy) is 1. The summed E-state index contributed by atoms with van der Waals surface area (Å²) in [6.07, 6.45) is 0. The van der Waals surface area contributed by atoms with Gasteiger partial charge in [-0.05, 0) is 67.0 Å². The molecule has 1 aromatic heterocycles. The topological polar surface area (TPSA) is 68.3 Å². The highest BCUT2D eigenvalue weighted by Gasteiger charge is 2.15. The summed E-state index contributed by atoms with van der Waals surface area (Å²) >= 11 is 7.11. The van der Waals surface area contributed by atoms with Crippen LogP contribution in [0.1, 0.15) is 5.69 Å².